The van der Waals surface area contributed by atoms with Gasteiger partial charge < -0.3 is 10.6 Å². The van der Waals surface area contributed by atoms with E-state index in [2.05, 4.69) is 58.9 Å². The molecule has 2 aromatic heterocycles. The average Bonchev–Trinajstić information content (AvgIpc) is 2.97. The van der Waals surface area contributed by atoms with Gasteiger partial charge in [0.15, 0.2) is 0 Å². The molecule has 1 unspecified atom stereocenters. The molecule has 20 heavy (non-hydrogen) atoms. The lowest BCUT2D eigenvalue weighted by Gasteiger charge is -2.21. The molecule has 0 aromatic carbocycles. The summed E-state index contributed by atoms with van der Waals surface area (Å²) in [6.45, 7) is 6.51. The average molecular weight is 290 g/mol. The topological polar surface area (TPSA) is 49.8 Å². The maximum Gasteiger partial charge on any atom is 0.135 e. The second-order valence-electron chi connectivity index (χ2n) is 5.01. The van der Waals surface area contributed by atoms with Crippen molar-refractivity contribution in [3.05, 3.63) is 34.3 Å². The van der Waals surface area contributed by atoms with Gasteiger partial charge in [-0.1, -0.05) is 26.8 Å². The Labute approximate surface area is 124 Å². The van der Waals surface area contributed by atoms with Crippen molar-refractivity contribution in [2.75, 3.05) is 17.7 Å². The molecule has 0 aliphatic rings. The van der Waals surface area contributed by atoms with E-state index in [9.17, 15) is 0 Å². The lowest BCUT2D eigenvalue weighted by atomic mass is 10.0. The van der Waals surface area contributed by atoms with Gasteiger partial charge in [-0.2, -0.15) is 0 Å². The number of hydrogen-bond acceptors (Lipinski definition) is 5. The zero-order valence-electron chi connectivity index (χ0n) is 12.5. The largest absolute Gasteiger partial charge is 0.373 e. The zero-order valence-corrected chi connectivity index (χ0v) is 13.3. The lowest BCUT2D eigenvalue weighted by molar-refractivity contribution is 0.748. The van der Waals surface area contributed by atoms with Gasteiger partial charge in [0.1, 0.15) is 18.0 Å². The number of aromatic nitrogens is 2. The van der Waals surface area contributed by atoms with Gasteiger partial charge in [-0.15, -0.1) is 11.3 Å². The van der Waals surface area contributed by atoms with Gasteiger partial charge in [0, 0.05) is 17.5 Å². The zero-order chi connectivity index (χ0) is 14.5. The van der Waals surface area contributed by atoms with Gasteiger partial charge in [0.25, 0.3) is 0 Å². The molecule has 5 heteroatoms. The van der Waals surface area contributed by atoms with Crippen molar-refractivity contribution in [3.8, 4) is 0 Å². The third kappa shape index (κ3) is 3.10. The van der Waals surface area contributed by atoms with Crippen LogP contribution in [0.25, 0.3) is 0 Å². The fourth-order valence-corrected chi connectivity index (χ4v) is 3.15. The minimum atomic E-state index is 0.298. The van der Waals surface area contributed by atoms with E-state index in [-0.39, 0.29) is 0 Å². The molecule has 0 saturated carbocycles. The highest BCUT2D eigenvalue weighted by Gasteiger charge is 2.18. The first-order chi connectivity index (χ1) is 9.67. The molecule has 108 valence electrons. The van der Waals surface area contributed by atoms with Crippen molar-refractivity contribution in [2.45, 2.75) is 39.2 Å². The first-order valence-electron chi connectivity index (χ1n) is 6.99. The monoisotopic (exact) mass is 290 g/mol. The SMILES string of the molecule is CCC(Nc1ncnc(NC)c1C(C)C)c1cccs1. The fraction of sp³-hybridized carbons (Fsp3) is 0.467. The van der Waals surface area contributed by atoms with E-state index in [0.29, 0.717) is 12.0 Å². The lowest BCUT2D eigenvalue weighted by Crippen LogP contribution is -2.13. The van der Waals surface area contributed by atoms with Gasteiger partial charge >= 0.3 is 0 Å². The molecular formula is C15H22N4S. The van der Waals surface area contributed by atoms with Crippen LogP contribution in [0, 0.1) is 0 Å². The molecule has 0 radical (unpaired) electrons. The van der Waals surface area contributed by atoms with E-state index in [1.807, 2.05) is 7.05 Å². The number of nitrogens with zero attached hydrogens (tertiary/aromatic N) is 2. The van der Waals surface area contributed by atoms with Crippen LogP contribution in [0.4, 0.5) is 11.6 Å². The molecule has 0 amide bonds. The van der Waals surface area contributed by atoms with Crippen LogP contribution in [0.15, 0.2) is 23.8 Å². The summed E-state index contributed by atoms with van der Waals surface area (Å²) in [4.78, 5) is 10.1. The summed E-state index contributed by atoms with van der Waals surface area (Å²) in [5, 5.41) is 8.84. The molecule has 0 fully saturated rings. The molecule has 0 saturated heterocycles. The summed E-state index contributed by atoms with van der Waals surface area (Å²) < 4.78 is 0. The standard InChI is InChI=1S/C15H22N4S/c1-5-11(12-7-6-8-20-12)19-15-13(10(2)3)14(16-4)17-9-18-15/h6-11H,5H2,1-4H3,(H2,16,17,18,19). The van der Waals surface area contributed by atoms with E-state index >= 15 is 0 Å². The summed E-state index contributed by atoms with van der Waals surface area (Å²) in [7, 11) is 1.90. The van der Waals surface area contributed by atoms with Crippen molar-refractivity contribution < 1.29 is 0 Å². The predicted octanol–water partition coefficient (Wildman–Crippen LogP) is 4.27. The molecule has 0 aliphatic heterocycles. The number of hydrogen-bond donors (Lipinski definition) is 2. The third-order valence-electron chi connectivity index (χ3n) is 3.30. The van der Waals surface area contributed by atoms with Gasteiger partial charge in [-0.25, -0.2) is 9.97 Å². The predicted molar refractivity (Wildman–Crippen MR) is 86.6 cm³/mol. The Morgan fingerprint density at radius 1 is 1.25 bits per heavy atom. The van der Waals surface area contributed by atoms with Crippen LogP contribution < -0.4 is 10.6 Å². The molecule has 2 aromatic rings. The van der Waals surface area contributed by atoms with Gasteiger partial charge in [0.2, 0.25) is 0 Å². The Kier molecular flexibility index (Phi) is 4.95. The number of rotatable bonds is 6. The van der Waals surface area contributed by atoms with Crippen LogP contribution in [0.2, 0.25) is 0 Å². The summed E-state index contributed by atoms with van der Waals surface area (Å²) >= 11 is 1.78. The van der Waals surface area contributed by atoms with Crippen LogP contribution >= 0.6 is 11.3 Å². The molecule has 0 aliphatic carbocycles. The number of nitrogens with one attached hydrogen (secondary N) is 2. The van der Waals surface area contributed by atoms with E-state index in [1.165, 1.54) is 4.88 Å². The fourth-order valence-electron chi connectivity index (χ4n) is 2.29. The normalized spacial score (nSPS) is 12.4. The quantitative estimate of drug-likeness (QED) is 0.834. The van der Waals surface area contributed by atoms with Crippen LogP contribution in [-0.4, -0.2) is 17.0 Å². The summed E-state index contributed by atoms with van der Waals surface area (Å²) in [5.41, 5.74) is 1.14. The minimum absolute atomic E-state index is 0.298. The van der Waals surface area contributed by atoms with E-state index in [4.69, 9.17) is 0 Å². The Hall–Kier alpha value is -1.62. The van der Waals surface area contributed by atoms with E-state index < -0.39 is 0 Å². The van der Waals surface area contributed by atoms with Crippen LogP contribution in [-0.2, 0) is 0 Å². The molecule has 2 rings (SSSR count). The minimum Gasteiger partial charge on any atom is -0.373 e. The van der Waals surface area contributed by atoms with Gasteiger partial charge in [0.05, 0.1) is 6.04 Å². The molecule has 2 heterocycles. The van der Waals surface area contributed by atoms with Gasteiger partial charge in [-0.05, 0) is 23.8 Å². The summed E-state index contributed by atoms with van der Waals surface area (Å²) in [5.74, 6) is 2.19. The summed E-state index contributed by atoms with van der Waals surface area (Å²) in [6.07, 6.45) is 2.64. The number of thiophene rings is 1. The maximum atomic E-state index is 4.45. The highest BCUT2D eigenvalue weighted by Crippen LogP contribution is 2.32. The van der Waals surface area contributed by atoms with E-state index in [0.717, 1.165) is 23.6 Å². The Balaban J connectivity index is 2.33. The van der Waals surface area contributed by atoms with E-state index in [1.54, 1.807) is 17.7 Å². The second kappa shape index (κ2) is 6.70. The third-order valence-corrected chi connectivity index (χ3v) is 4.29. The van der Waals surface area contributed by atoms with Crippen molar-refractivity contribution in [2.24, 2.45) is 0 Å². The smallest absolute Gasteiger partial charge is 0.135 e. The van der Waals surface area contributed by atoms with Gasteiger partial charge in [-0.3, -0.25) is 0 Å². The first kappa shape index (κ1) is 14.8. The molecule has 0 bridgehead atoms. The van der Waals surface area contributed by atoms with Crippen LogP contribution in [0.3, 0.4) is 0 Å². The van der Waals surface area contributed by atoms with Crippen molar-refractivity contribution >= 4 is 23.0 Å². The van der Waals surface area contributed by atoms with Crippen molar-refractivity contribution in [1.29, 1.82) is 0 Å². The molecule has 2 N–H and O–H groups in total. The molecule has 1 atom stereocenters. The van der Waals surface area contributed by atoms with Crippen LogP contribution in [0.1, 0.15) is 49.6 Å². The Morgan fingerprint density at radius 2 is 2.00 bits per heavy atom. The molecule has 4 nitrogen and oxygen atoms in total. The van der Waals surface area contributed by atoms with Crippen LogP contribution in [0.5, 0.6) is 0 Å². The second-order valence-corrected chi connectivity index (χ2v) is 5.99. The highest BCUT2D eigenvalue weighted by molar-refractivity contribution is 7.10. The highest BCUT2D eigenvalue weighted by atomic mass is 32.1. The molecular weight excluding hydrogens is 268 g/mol. The Bertz CT molecular complexity index is 537. The van der Waals surface area contributed by atoms with Crippen molar-refractivity contribution in [1.82, 2.24) is 9.97 Å². The summed E-state index contributed by atoms with van der Waals surface area (Å²) in [6, 6.07) is 4.56. The van der Waals surface area contributed by atoms with Crippen molar-refractivity contribution in [3.63, 3.8) is 0 Å². The molecule has 0 spiro atoms. The maximum absolute atomic E-state index is 4.45. The first-order valence-corrected chi connectivity index (χ1v) is 7.87. The number of anilines is 2. The Morgan fingerprint density at radius 3 is 2.55 bits per heavy atom.